The summed E-state index contributed by atoms with van der Waals surface area (Å²) in [5.74, 6) is -2.70. The Hall–Kier alpha value is -4.01. The molecule has 0 fully saturated rings. The number of para-hydroxylation sites is 1. The van der Waals surface area contributed by atoms with Crippen LogP contribution in [0.4, 0.5) is 14.5 Å². The monoisotopic (exact) mass is 438 g/mol. The molecule has 1 aliphatic heterocycles. The molecule has 0 unspecified atom stereocenters. The first-order chi connectivity index (χ1) is 15.3. The number of H-pyrrole nitrogens is 1. The number of benzene rings is 2. The highest BCUT2D eigenvalue weighted by Crippen LogP contribution is 2.35. The van der Waals surface area contributed by atoms with Gasteiger partial charge in [0, 0.05) is 19.3 Å². The van der Waals surface area contributed by atoms with E-state index in [4.69, 9.17) is 0 Å². The number of carbonyl (C=O) groups excluding carboxylic acids is 2. The Bertz CT molecular complexity index is 1320. The topological polar surface area (TPSA) is 78.4 Å². The van der Waals surface area contributed by atoms with Gasteiger partial charge in [0.15, 0.2) is 0 Å². The number of carbonyl (C=O) groups is 2. The summed E-state index contributed by atoms with van der Waals surface area (Å²) in [6.45, 7) is 3.75. The van der Waals surface area contributed by atoms with Gasteiger partial charge in [-0.3, -0.25) is 19.5 Å². The zero-order valence-electron chi connectivity index (χ0n) is 17.6. The molecule has 2 heterocycles. The molecule has 0 aliphatic carbocycles. The fraction of sp³-hybridized carbons (Fsp3) is 0.174. The van der Waals surface area contributed by atoms with E-state index in [1.165, 1.54) is 47.1 Å². The number of hydrogen-bond acceptors (Lipinski definition) is 4. The zero-order chi connectivity index (χ0) is 23.2. The number of aromatic nitrogens is 2. The van der Waals surface area contributed by atoms with Crippen LogP contribution in [0.3, 0.4) is 0 Å². The molecule has 2 amide bonds. The molecule has 164 valence electrons. The highest BCUT2D eigenvalue weighted by atomic mass is 19.1. The Morgan fingerprint density at radius 1 is 0.969 bits per heavy atom. The highest BCUT2D eigenvalue weighted by Gasteiger charge is 2.44. The average molecular weight is 438 g/mol. The predicted molar refractivity (Wildman–Crippen MR) is 115 cm³/mol. The molecular weight excluding hydrogens is 418 g/mol. The van der Waals surface area contributed by atoms with Gasteiger partial charge in [0.05, 0.1) is 22.5 Å². The third kappa shape index (κ3) is 3.22. The van der Waals surface area contributed by atoms with Crippen molar-refractivity contribution >= 4 is 23.1 Å². The normalized spacial score (nSPS) is 14.0. The summed E-state index contributed by atoms with van der Waals surface area (Å²) in [5.41, 5.74) is -0.170. The van der Waals surface area contributed by atoms with Crippen LogP contribution in [-0.2, 0) is 9.59 Å². The lowest BCUT2D eigenvalue weighted by Crippen LogP contribution is -2.34. The van der Waals surface area contributed by atoms with Crippen LogP contribution in [0.1, 0.15) is 18.2 Å². The maximum absolute atomic E-state index is 14.5. The van der Waals surface area contributed by atoms with Crippen molar-refractivity contribution in [3.8, 4) is 5.69 Å². The van der Waals surface area contributed by atoms with E-state index in [1.807, 2.05) is 0 Å². The van der Waals surface area contributed by atoms with Gasteiger partial charge in [-0.1, -0.05) is 12.1 Å². The van der Waals surface area contributed by atoms with Gasteiger partial charge in [0.2, 0.25) is 0 Å². The van der Waals surface area contributed by atoms with Crippen molar-refractivity contribution < 1.29 is 18.4 Å². The van der Waals surface area contributed by atoms with Crippen molar-refractivity contribution in [2.45, 2.75) is 13.8 Å². The van der Waals surface area contributed by atoms with Gasteiger partial charge >= 0.3 is 0 Å². The standard InChI is InChI=1S/C23H20F2N4O3/c1-4-27(3)20-19(21(30)28(23(20)32)17-8-6-5-7-16(17)25)18-13(2)26-29(22(18)31)15-11-9-14(24)10-12-15/h5-12,26H,4H2,1-3H3. The van der Waals surface area contributed by atoms with Gasteiger partial charge in [0.1, 0.15) is 17.3 Å². The first-order valence-electron chi connectivity index (χ1n) is 9.92. The molecule has 0 saturated heterocycles. The number of hydrogen-bond donors (Lipinski definition) is 1. The van der Waals surface area contributed by atoms with Crippen molar-refractivity contribution in [1.82, 2.24) is 14.7 Å². The summed E-state index contributed by atoms with van der Waals surface area (Å²) >= 11 is 0. The summed E-state index contributed by atoms with van der Waals surface area (Å²) in [5, 5.41) is 2.88. The molecule has 9 heteroatoms. The van der Waals surface area contributed by atoms with E-state index >= 15 is 0 Å². The van der Waals surface area contributed by atoms with Crippen molar-refractivity contribution in [2.24, 2.45) is 0 Å². The number of rotatable bonds is 5. The Morgan fingerprint density at radius 2 is 1.62 bits per heavy atom. The fourth-order valence-electron chi connectivity index (χ4n) is 3.72. The number of amides is 2. The van der Waals surface area contributed by atoms with Crippen molar-refractivity contribution in [1.29, 1.82) is 0 Å². The molecule has 0 atom stereocenters. The molecule has 1 N–H and O–H groups in total. The van der Waals surface area contributed by atoms with Crippen LogP contribution in [0.2, 0.25) is 0 Å². The minimum Gasteiger partial charge on any atom is -0.370 e. The van der Waals surface area contributed by atoms with Crippen LogP contribution in [0.5, 0.6) is 0 Å². The maximum atomic E-state index is 14.5. The van der Waals surface area contributed by atoms with E-state index in [9.17, 15) is 23.2 Å². The molecule has 32 heavy (non-hydrogen) atoms. The molecule has 0 spiro atoms. The van der Waals surface area contributed by atoms with Gasteiger partial charge < -0.3 is 4.90 Å². The summed E-state index contributed by atoms with van der Waals surface area (Å²) < 4.78 is 28.9. The second kappa shape index (κ2) is 7.92. The van der Waals surface area contributed by atoms with Crippen LogP contribution in [0, 0.1) is 18.6 Å². The van der Waals surface area contributed by atoms with Crippen molar-refractivity contribution in [3.63, 3.8) is 0 Å². The van der Waals surface area contributed by atoms with Gasteiger partial charge in [0.25, 0.3) is 17.4 Å². The third-order valence-corrected chi connectivity index (χ3v) is 5.42. The smallest absolute Gasteiger partial charge is 0.282 e. The molecule has 1 aromatic heterocycles. The Kier molecular flexibility index (Phi) is 5.25. The van der Waals surface area contributed by atoms with E-state index in [0.29, 0.717) is 17.9 Å². The zero-order valence-corrected chi connectivity index (χ0v) is 17.6. The first-order valence-corrected chi connectivity index (χ1v) is 9.92. The summed E-state index contributed by atoms with van der Waals surface area (Å²) in [6.07, 6.45) is 0. The molecule has 2 aromatic carbocycles. The van der Waals surface area contributed by atoms with Crippen LogP contribution in [0.15, 0.2) is 59.0 Å². The molecule has 1 aliphatic rings. The third-order valence-electron chi connectivity index (χ3n) is 5.42. The second-order valence-corrected chi connectivity index (χ2v) is 7.36. The number of aryl methyl sites for hydroxylation is 1. The van der Waals surface area contributed by atoms with E-state index in [-0.39, 0.29) is 22.5 Å². The van der Waals surface area contributed by atoms with E-state index in [0.717, 1.165) is 11.0 Å². The Labute approximate surface area is 182 Å². The molecule has 0 saturated carbocycles. The molecule has 4 rings (SSSR count). The number of anilines is 1. The maximum Gasteiger partial charge on any atom is 0.282 e. The number of likely N-dealkylation sites (N-methyl/N-ethyl adjacent to an activating group) is 1. The number of nitrogens with zero attached hydrogens (tertiary/aromatic N) is 3. The molecule has 7 nitrogen and oxygen atoms in total. The summed E-state index contributed by atoms with van der Waals surface area (Å²) in [4.78, 5) is 42.3. The minimum absolute atomic E-state index is 0.00168. The molecule has 0 bridgehead atoms. The molecular formula is C23H20F2N4O3. The minimum atomic E-state index is -0.791. The van der Waals surface area contributed by atoms with Gasteiger partial charge in [-0.15, -0.1) is 0 Å². The van der Waals surface area contributed by atoms with Crippen LogP contribution in [-0.4, -0.2) is 40.1 Å². The van der Waals surface area contributed by atoms with Gasteiger partial charge in [-0.05, 0) is 50.2 Å². The number of halogens is 2. The average Bonchev–Trinajstić information content (AvgIpc) is 3.20. The van der Waals surface area contributed by atoms with Gasteiger partial charge in [-0.25, -0.2) is 18.4 Å². The van der Waals surface area contributed by atoms with Crippen LogP contribution in [0.25, 0.3) is 11.3 Å². The van der Waals surface area contributed by atoms with E-state index < -0.39 is 29.0 Å². The van der Waals surface area contributed by atoms with Crippen LogP contribution >= 0.6 is 0 Å². The van der Waals surface area contributed by atoms with Crippen LogP contribution < -0.4 is 10.5 Å². The lowest BCUT2D eigenvalue weighted by molar-refractivity contribution is -0.120. The Morgan fingerprint density at radius 3 is 2.25 bits per heavy atom. The van der Waals surface area contributed by atoms with Crippen molar-refractivity contribution in [2.75, 3.05) is 18.5 Å². The van der Waals surface area contributed by atoms with E-state index in [1.54, 1.807) is 25.8 Å². The quantitative estimate of drug-likeness (QED) is 0.622. The Balaban J connectivity index is 1.93. The summed E-state index contributed by atoms with van der Waals surface area (Å²) in [6, 6.07) is 10.7. The number of nitrogens with one attached hydrogen (secondary N) is 1. The van der Waals surface area contributed by atoms with Crippen molar-refractivity contribution in [3.05, 3.63) is 87.5 Å². The lowest BCUT2D eigenvalue weighted by Gasteiger charge is -2.19. The van der Waals surface area contributed by atoms with Gasteiger partial charge in [-0.2, -0.15) is 0 Å². The number of imide groups is 1. The van der Waals surface area contributed by atoms with E-state index in [2.05, 4.69) is 5.10 Å². The lowest BCUT2D eigenvalue weighted by atomic mass is 10.1. The second-order valence-electron chi connectivity index (χ2n) is 7.36. The fourth-order valence-corrected chi connectivity index (χ4v) is 3.72. The highest BCUT2D eigenvalue weighted by molar-refractivity contribution is 6.45. The number of aromatic amines is 1. The SMILES string of the molecule is CCN(C)C1=C(c2c(C)[nH]n(-c3ccc(F)cc3)c2=O)C(=O)N(c2ccccc2F)C1=O. The summed E-state index contributed by atoms with van der Waals surface area (Å²) in [7, 11) is 1.62. The predicted octanol–water partition coefficient (Wildman–Crippen LogP) is 2.99. The molecule has 0 radical (unpaired) electrons. The largest absolute Gasteiger partial charge is 0.370 e. The first kappa shape index (κ1) is 21.2. The molecule has 3 aromatic rings.